The molecule has 0 bridgehead atoms. The predicted octanol–water partition coefficient (Wildman–Crippen LogP) is 4.03. The number of anilines is 1. The van der Waals surface area contributed by atoms with E-state index in [9.17, 15) is 24.3 Å². The van der Waals surface area contributed by atoms with Crippen molar-refractivity contribution in [2.75, 3.05) is 11.9 Å². The minimum absolute atomic E-state index is 0.0212. The molecule has 1 aromatic heterocycles. The summed E-state index contributed by atoms with van der Waals surface area (Å²) < 4.78 is 12.5. The second kappa shape index (κ2) is 14.3. The molecule has 0 spiro atoms. The van der Waals surface area contributed by atoms with E-state index in [0.29, 0.717) is 0 Å². The number of hydrogen-bond donors (Lipinski definition) is 4. The fraction of sp³-hybridized carbons (Fsp3) is 0.567. The van der Waals surface area contributed by atoms with Gasteiger partial charge in [0.25, 0.3) is 5.91 Å². The summed E-state index contributed by atoms with van der Waals surface area (Å²) in [5, 5.41) is 17.8. The van der Waals surface area contributed by atoms with Gasteiger partial charge in [-0.1, -0.05) is 49.6 Å². The van der Waals surface area contributed by atoms with Crippen LogP contribution < -0.4 is 16.0 Å². The molecule has 1 saturated carbocycles. The summed E-state index contributed by atoms with van der Waals surface area (Å²) in [7, 11) is 0. The number of ether oxygens (including phenoxy) is 2. The number of alkyl carbamates (subject to hydrolysis) is 1. The standard InChI is InChI=1S/C30H43N5O7/c1-29(2,3)42-28(40)34-30(4,5)27(39)32-22(18-41-17-20-12-8-6-9-13-20)25(36)33-23-16-35(19-31-23)24(26(37)38)21-14-10-7-11-15-21/h6,8-9,12-13,16,19,21-22,24H,7,10-11,14-15,17-18H2,1-5H3,(H,32,39)(H,33,36)(H,34,40)(H,37,38). The van der Waals surface area contributed by atoms with Crippen LogP contribution >= 0.6 is 0 Å². The Morgan fingerprint density at radius 1 is 1.05 bits per heavy atom. The van der Waals surface area contributed by atoms with Crippen molar-refractivity contribution < 1.29 is 33.8 Å². The molecule has 3 rings (SSSR count). The predicted molar refractivity (Wildman–Crippen MR) is 156 cm³/mol. The van der Waals surface area contributed by atoms with Crippen LogP contribution in [-0.2, 0) is 30.5 Å². The van der Waals surface area contributed by atoms with Crippen molar-refractivity contribution in [3.8, 4) is 0 Å². The van der Waals surface area contributed by atoms with Crippen molar-refractivity contribution in [1.29, 1.82) is 0 Å². The lowest BCUT2D eigenvalue weighted by Crippen LogP contribution is -2.59. The molecular formula is C30H43N5O7. The van der Waals surface area contributed by atoms with E-state index in [-0.39, 0.29) is 24.9 Å². The SMILES string of the molecule is CC(C)(C)OC(=O)NC(C)(C)C(=O)NC(COCc1ccccc1)C(=O)Nc1cn(C(C(=O)O)C2CCCCC2)cn1. The van der Waals surface area contributed by atoms with Crippen LogP contribution in [0, 0.1) is 5.92 Å². The highest BCUT2D eigenvalue weighted by atomic mass is 16.6. The molecule has 12 nitrogen and oxygen atoms in total. The maximum absolute atomic E-state index is 13.4. The Bertz CT molecular complexity index is 1220. The minimum atomic E-state index is -1.42. The van der Waals surface area contributed by atoms with Crippen LogP contribution in [-0.4, -0.2) is 62.3 Å². The van der Waals surface area contributed by atoms with E-state index < -0.39 is 47.1 Å². The van der Waals surface area contributed by atoms with E-state index in [1.54, 1.807) is 20.8 Å². The van der Waals surface area contributed by atoms with E-state index in [1.165, 1.54) is 30.9 Å². The van der Waals surface area contributed by atoms with Gasteiger partial charge in [0.1, 0.15) is 23.2 Å². The number of carbonyl (C=O) groups is 4. The van der Waals surface area contributed by atoms with Gasteiger partial charge in [-0.15, -0.1) is 0 Å². The third-order valence-corrected chi connectivity index (χ3v) is 6.92. The van der Waals surface area contributed by atoms with Crippen LogP contribution in [0.5, 0.6) is 0 Å². The van der Waals surface area contributed by atoms with E-state index in [4.69, 9.17) is 9.47 Å². The first-order chi connectivity index (χ1) is 19.7. The molecular weight excluding hydrogens is 542 g/mol. The number of aliphatic carboxylic acids is 1. The first-order valence-electron chi connectivity index (χ1n) is 14.3. The summed E-state index contributed by atoms with van der Waals surface area (Å²) in [6.07, 6.45) is 6.80. The molecule has 0 saturated heterocycles. The second-order valence-corrected chi connectivity index (χ2v) is 12.2. The van der Waals surface area contributed by atoms with Gasteiger partial charge in [-0.05, 0) is 58.9 Å². The summed E-state index contributed by atoms with van der Waals surface area (Å²) in [6, 6.07) is 7.42. The largest absolute Gasteiger partial charge is 0.480 e. The molecule has 1 aliphatic rings. The quantitative estimate of drug-likeness (QED) is 0.290. The van der Waals surface area contributed by atoms with Gasteiger partial charge in [0.15, 0.2) is 5.82 Å². The number of rotatable bonds is 12. The molecule has 2 atom stereocenters. The number of hydrogen-bond acceptors (Lipinski definition) is 7. The Hall–Kier alpha value is -3.93. The topological polar surface area (TPSA) is 161 Å². The van der Waals surface area contributed by atoms with Crippen LogP contribution in [0.4, 0.5) is 10.6 Å². The van der Waals surface area contributed by atoms with Crippen LogP contribution in [0.3, 0.4) is 0 Å². The van der Waals surface area contributed by atoms with Crippen molar-refractivity contribution in [3.05, 3.63) is 48.4 Å². The fourth-order valence-electron chi connectivity index (χ4n) is 4.80. The third-order valence-electron chi connectivity index (χ3n) is 6.92. The second-order valence-electron chi connectivity index (χ2n) is 12.2. The van der Waals surface area contributed by atoms with Gasteiger partial charge in [0.05, 0.1) is 19.5 Å². The van der Waals surface area contributed by atoms with Crippen LogP contribution in [0.2, 0.25) is 0 Å². The lowest BCUT2D eigenvalue weighted by atomic mass is 9.84. The minimum Gasteiger partial charge on any atom is -0.480 e. The molecule has 1 aliphatic carbocycles. The van der Waals surface area contributed by atoms with E-state index in [1.807, 2.05) is 30.3 Å². The maximum atomic E-state index is 13.4. The molecule has 1 heterocycles. The smallest absolute Gasteiger partial charge is 0.408 e. The molecule has 4 N–H and O–H groups in total. The highest BCUT2D eigenvalue weighted by molar-refractivity contribution is 5.98. The van der Waals surface area contributed by atoms with Crippen LogP contribution in [0.1, 0.15) is 78.3 Å². The first-order valence-corrected chi connectivity index (χ1v) is 14.3. The molecule has 1 fully saturated rings. The first kappa shape index (κ1) is 32.6. The Labute approximate surface area is 246 Å². The molecule has 12 heteroatoms. The van der Waals surface area contributed by atoms with Gasteiger partial charge >= 0.3 is 12.1 Å². The monoisotopic (exact) mass is 585 g/mol. The van der Waals surface area contributed by atoms with Gasteiger partial charge in [-0.2, -0.15) is 0 Å². The van der Waals surface area contributed by atoms with Gasteiger partial charge in [0, 0.05) is 6.20 Å². The zero-order valence-corrected chi connectivity index (χ0v) is 25.0. The molecule has 230 valence electrons. The van der Waals surface area contributed by atoms with Crippen molar-refractivity contribution >= 4 is 29.7 Å². The van der Waals surface area contributed by atoms with E-state index >= 15 is 0 Å². The molecule has 0 radical (unpaired) electrons. The number of nitrogens with zero attached hydrogens (tertiary/aromatic N) is 2. The van der Waals surface area contributed by atoms with Gasteiger partial charge < -0.3 is 35.1 Å². The van der Waals surface area contributed by atoms with E-state index in [0.717, 1.165) is 37.7 Å². The summed E-state index contributed by atoms with van der Waals surface area (Å²) in [5.74, 6) is -2.07. The summed E-state index contributed by atoms with van der Waals surface area (Å²) >= 11 is 0. The lowest BCUT2D eigenvalue weighted by Gasteiger charge is -2.29. The van der Waals surface area contributed by atoms with E-state index in [2.05, 4.69) is 20.9 Å². The number of benzene rings is 1. The number of carboxylic acid groups (broad SMARTS) is 1. The Morgan fingerprint density at radius 2 is 1.71 bits per heavy atom. The Morgan fingerprint density at radius 3 is 2.33 bits per heavy atom. The lowest BCUT2D eigenvalue weighted by molar-refractivity contribution is -0.143. The Kier molecular flexibility index (Phi) is 11.1. The molecule has 0 aliphatic heterocycles. The van der Waals surface area contributed by atoms with Crippen molar-refractivity contribution in [2.45, 2.75) is 96.6 Å². The highest BCUT2D eigenvalue weighted by Gasteiger charge is 2.35. The number of carboxylic acids is 1. The number of aromatic nitrogens is 2. The maximum Gasteiger partial charge on any atom is 0.408 e. The van der Waals surface area contributed by atoms with Crippen LogP contribution in [0.25, 0.3) is 0 Å². The third kappa shape index (κ3) is 9.86. The zero-order valence-electron chi connectivity index (χ0n) is 25.0. The average molecular weight is 586 g/mol. The number of amides is 3. The molecule has 2 aromatic rings. The fourth-order valence-corrected chi connectivity index (χ4v) is 4.80. The van der Waals surface area contributed by atoms with Crippen LogP contribution in [0.15, 0.2) is 42.9 Å². The highest BCUT2D eigenvalue weighted by Crippen LogP contribution is 2.33. The molecule has 2 unspecified atom stereocenters. The summed E-state index contributed by atoms with van der Waals surface area (Å²) in [4.78, 5) is 55.2. The molecule has 1 aromatic carbocycles. The Balaban J connectivity index is 1.71. The van der Waals surface area contributed by atoms with Crippen molar-refractivity contribution in [3.63, 3.8) is 0 Å². The number of imidazole rings is 1. The van der Waals surface area contributed by atoms with Crippen molar-refractivity contribution in [2.24, 2.45) is 5.92 Å². The summed E-state index contributed by atoms with van der Waals surface area (Å²) in [5.41, 5.74) is -1.29. The molecule has 42 heavy (non-hydrogen) atoms. The zero-order chi connectivity index (χ0) is 30.9. The number of nitrogens with one attached hydrogen (secondary N) is 3. The van der Waals surface area contributed by atoms with Gasteiger partial charge in [-0.3, -0.25) is 9.59 Å². The van der Waals surface area contributed by atoms with Gasteiger partial charge in [-0.25, -0.2) is 14.6 Å². The molecule has 3 amide bonds. The normalized spacial score (nSPS) is 15.7. The van der Waals surface area contributed by atoms with Gasteiger partial charge in [0.2, 0.25) is 5.91 Å². The number of carbonyl (C=O) groups excluding carboxylic acids is 3. The summed E-state index contributed by atoms with van der Waals surface area (Å²) in [6.45, 7) is 8.14. The van der Waals surface area contributed by atoms with Crippen molar-refractivity contribution in [1.82, 2.24) is 20.2 Å². The average Bonchev–Trinajstić information content (AvgIpc) is 3.35.